The summed E-state index contributed by atoms with van der Waals surface area (Å²) in [6.07, 6.45) is 1.71. The molecule has 0 aliphatic carbocycles. The molecule has 3 heteroatoms. The zero-order valence-corrected chi connectivity index (χ0v) is 8.07. The first kappa shape index (κ1) is 9.71. The molecule has 70 valence electrons. The lowest BCUT2D eigenvalue weighted by Crippen LogP contribution is -2.10. The minimum atomic E-state index is -0.238. The first-order valence-corrected chi connectivity index (χ1v) is 4.15. The molecule has 0 aliphatic heterocycles. The maximum absolute atomic E-state index is 11.1. The fourth-order valence-electron chi connectivity index (χ4n) is 1.05. The number of aryl methyl sites for hydroxylation is 1. The average Bonchev–Trinajstić information content (AvgIpc) is 2.17. The number of pyridine rings is 1. The minimum Gasteiger partial charge on any atom is -0.469 e. The van der Waals surface area contributed by atoms with Crippen LogP contribution in [0.2, 0.25) is 0 Å². The van der Waals surface area contributed by atoms with E-state index in [1.165, 1.54) is 7.11 Å². The number of carbonyl (C=O) groups excluding carboxylic acids is 1. The van der Waals surface area contributed by atoms with Gasteiger partial charge >= 0.3 is 5.97 Å². The van der Waals surface area contributed by atoms with Crippen molar-refractivity contribution >= 4 is 5.97 Å². The molecular weight excluding hydrogens is 166 g/mol. The molecule has 3 nitrogen and oxygen atoms in total. The molecule has 0 spiro atoms. The summed E-state index contributed by atoms with van der Waals surface area (Å²) in [5.74, 6) is -0.469. The summed E-state index contributed by atoms with van der Waals surface area (Å²) in [5, 5.41) is 0. The Morgan fingerprint density at radius 3 is 2.69 bits per heavy atom. The molecule has 1 heterocycles. The highest BCUT2D eigenvalue weighted by Crippen LogP contribution is 2.15. The summed E-state index contributed by atoms with van der Waals surface area (Å²) < 4.78 is 4.63. The van der Waals surface area contributed by atoms with Gasteiger partial charge in [-0.05, 0) is 25.5 Å². The Balaban J connectivity index is 2.83. The van der Waals surface area contributed by atoms with Crippen molar-refractivity contribution in [2.75, 3.05) is 7.11 Å². The summed E-state index contributed by atoms with van der Waals surface area (Å²) in [5.41, 5.74) is 1.83. The second-order valence-electron chi connectivity index (χ2n) is 2.98. The second-order valence-corrected chi connectivity index (χ2v) is 2.98. The number of rotatable bonds is 2. The number of hydrogen-bond donors (Lipinski definition) is 0. The molecule has 0 saturated heterocycles. The fourth-order valence-corrected chi connectivity index (χ4v) is 1.05. The van der Waals surface area contributed by atoms with E-state index in [1.807, 2.05) is 19.1 Å². The van der Waals surface area contributed by atoms with Crippen LogP contribution in [0.25, 0.3) is 0 Å². The molecule has 13 heavy (non-hydrogen) atoms. The van der Waals surface area contributed by atoms with E-state index in [1.54, 1.807) is 13.1 Å². The largest absolute Gasteiger partial charge is 0.469 e. The summed E-state index contributed by atoms with van der Waals surface area (Å²) in [7, 11) is 1.39. The van der Waals surface area contributed by atoms with Crippen LogP contribution < -0.4 is 0 Å². The number of nitrogens with zero attached hydrogens (tertiary/aromatic N) is 1. The highest BCUT2D eigenvalue weighted by Gasteiger charge is 2.15. The third-order valence-electron chi connectivity index (χ3n) is 1.99. The third-order valence-corrected chi connectivity index (χ3v) is 1.99. The van der Waals surface area contributed by atoms with Crippen molar-refractivity contribution in [2.24, 2.45) is 0 Å². The summed E-state index contributed by atoms with van der Waals surface area (Å²) in [4.78, 5) is 15.3. The Morgan fingerprint density at radius 1 is 1.54 bits per heavy atom. The van der Waals surface area contributed by atoms with E-state index in [0.29, 0.717) is 0 Å². The topological polar surface area (TPSA) is 39.2 Å². The van der Waals surface area contributed by atoms with Crippen molar-refractivity contribution in [2.45, 2.75) is 19.8 Å². The highest BCUT2D eigenvalue weighted by molar-refractivity contribution is 5.77. The van der Waals surface area contributed by atoms with Crippen LogP contribution in [0.3, 0.4) is 0 Å². The predicted molar refractivity (Wildman–Crippen MR) is 49.4 cm³/mol. The van der Waals surface area contributed by atoms with Gasteiger partial charge < -0.3 is 4.74 Å². The molecule has 0 radical (unpaired) electrons. The van der Waals surface area contributed by atoms with Gasteiger partial charge in [-0.3, -0.25) is 9.78 Å². The number of carbonyl (C=O) groups is 1. The van der Waals surface area contributed by atoms with Crippen molar-refractivity contribution in [1.82, 2.24) is 4.98 Å². The molecular formula is C10H13NO2. The van der Waals surface area contributed by atoms with Crippen LogP contribution in [-0.2, 0) is 9.53 Å². The molecule has 0 N–H and O–H groups in total. The molecule has 0 amide bonds. The van der Waals surface area contributed by atoms with E-state index in [0.717, 1.165) is 11.3 Å². The molecule has 1 aromatic heterocycles. The quantitative estimate of drug-likeness (QED) is 0.648. The molecule has 1 atom stereocenters. The molecule has 1 rings (SSSR count). The predicted octanol–water partition coefficient (Wildman–Crippen LogP) is 1.67. The van der Waals surface area contributed by atoms with E-state index >= 15 is 0 Å². The first-order chi connectivity index (χ1) is 6.15. The van der Waals surface area contributed by atoms with Gasteiger partial charge in [-0.2, -0.15) is 0 Å². The third kappa shape index (κ3) is 2.28. The SMILES string of the molecule is COC(=O)C(C)c1ccc(C)nc1. The van der Waals surface area contributed by atoms with Crippen LogP contribution in [0.4, 0.5) is 0 Å². The van der Waals surface area contributed by atoms with E-state index < -0.39 is 0 Å². The number of hydrogen-bond acceptors (Lipinski definition) is 3. The van der Waals surface area contributed by atoms with Crippen molar-refractivity contribution in [3.05, 3.63) is 29.6 Å². The van der Waals surface area contributed by atoms with E-state index in [2.05, 4.69) is 9.72 Å². The van der Waals surface area contributed by atoms with Crippen LogP contribution >= 0.6 is 0 Å². The Labute approximate surface area is 77.8 Å². The number of aromatic nitrogens is 1. The lowest BCUT2D eigenvalue weighted by atomic mass is 10.0. The monoisotopic (exact) mass is 179 g/mol. The van der Waals surface area contributed by atoms with Gasteiger partial charge in [0.1, 0.15) is 0 Å². The fraction of sp³-hybridized carbons (Fsp3) is 0.400. The van der Waals surface area contributed by atoms with Crippen LogP contribution in [0.1, 0.15) is 24.1 Å². The summed E-state index contributed by atoms with van der Waals surface area (Å²) in [6.45, 7) is 3.71. The van der Waals surface area contributed by atoms with Crippen LogP contribution in [0.5, 0.6) is 0 Å². The number of esters is 1. The zero-order chi connectivity index (χ0) is 9.84. The standard InChI is InChI=1S/C10H13NO2/c1-7-4-5-9(6-11-7)8(2)10(12)13-3/h4-6,8H,1-3H3. The molecule has 0 fully saturated rings. The lowest BCUT2D eigenvalue weighted by Gasteiger charge is -2.08. The number of ether oxygens (including phenoxy) is 1. The smallest absolute Gasteiger partial charge is 0.312 e. The van der Waals surface area contributed by atoms with Crippen molar-refractivity contribution in [3.8, 4) is 0 Å². The molecule has 1 unspecified atom stereocenters. The summed E-state index contributed by atoms with van der Waals surface area (Å²) in [6, 6.07) is 3.78. The normalized spacial score (nSPS) is 12.2. The lowest BCUT2D eigenvalue weighted by molar-refractivity contribution is -0.142. The van der Waals surface area contributed by atoms with Crippen molar-refractivity contribution < 1.29 is 9.53 Å². The van der Waals surface area contributed by atoms with Gasteiger partial charge in [-0.1, -0.05) is 6.07 Å². The first-order valence-electron chi connectivity index (χ1n) is 4.15. The maximum atomic E-state index is 11.1. The van der Waals surface area contributed by atoms with Crippen molar-refractivity contribution in [3.63, 3.8) is 0 Å². The highest BCUT2D eigenvalue weighted by atomic mass is 16.5. The average molecular weight is 179 g/mol. The van der Waals surface area contributed by atoms with E-state index in [4.69, 9.17) is 0 Å². The molecule has 0 aliphatic rings. The van der Waals surface area contributed by atoms with E-state index in [9.17, 15) is 4.79 Å². The molecule has 1 aromatic rings. The molecule has 0 aromatic carbocycles. The van der Waals surface area contributed by atoms with Gasteiger partial charge in [0.15, 0.2) is 0 Å². The Hall–Kier alpha value is -1.38. The summed E-state index contributed by atoms with van der Waals surface area (Å²) >= 11 is 0. The van der Waals surface area contributed by atoms with Crippen LogP contribution in [0, 0.1) is 6.92 Å². The maximum Gasteiger partial charge on any atom is 0.312 e. The second kappa shape index (κ2) is 4.03. The van der Waals surface area contributed by atoms with Gasteiger partial charge in [0, 0.05) is 11.9 Å². The Bertz CT molecular complexity index is 292. The Kier molecular flexibility index (Phi) is 3.01. The Morgan fingerprint density at radius 2 is 2.23 bits per heavy atom. The molecule has 0 bridgehead atoms. The van der Waals surface area contributed by atoms with Gasteiger partial charge in [-0.25, -0.2) is 0 Å². The van der Waals surface area contributed by atoms with Crippen LogP contribution in [-0.4, -0.2) is 18.1 Å². The van der Waals surface area contributed by atoms with Gasteiger partial charge in [0.05, 0.1) is 13.0 Å². The zero-order valence-electron chi connectivity index (χ0n) is 8.07. The van der Waals surface area contributed by atoms with E-state index in [-0.39, 0.29) is 11.9 Å². The van der Waals surface area contributed by atoms with Gasteiger partial charge in [0.2, 0.25) is 0 Å². The van der Waals surface area contributed by atoms with Crippen molar-refractivity contribution in [1.29, 1.82) is 0 Å². The number of methoxy groups -OCH3 is 1. The minimum absolute atomic E-state index is 0.231. The van der Waals surface area contributed by atoms with Crippen LogP contribution in [0.15, 0.2) is 18.3 Å². The van der Waals surface area contributed by atoms with Gasteiger partial charge in [-0.15, -0.1) is 0 Å². The van der Waals surface area contributed by atoms with Gasteiger partial charge in [0.25, 0.3) is 0 Å². The molecule has 0 saturated carbocycles.